The van der Waals surface area contributed by atoms with Crippen molar-refractivity contribution in [3.8, 4) is 0 Å². The third-order valence-electron chi connectivity index (χ3n) is 1.58. The van der Waals surface area contributed by atoms with Crippen molar-refractivity contribution < 1.29 is 0 Å². The van der Waals surface area contributed by atoms with Crippen LogP contribution in [0.5, 0.6) is 0 Å². The molecule has 0 atom stereocenters. The van der Waals surface area contributed by atoms with Gasteiger partial charge in [0.05, 0.1) is 0 Å². The van der Waals surface area contributed by atoms with Gasteiger partial charge in [0.1, 0.15) is 10.8 Å². The first-order valence-electron chi connectivity index (χ1n) is 4.10. The predicted molar refractivity (Wildman–Crippen MR) is 60.0 cm³/mol. The van der Waals surface area contributed by atoms with Gasteiger partial charge in [0, 0.05) is 18.6 Å². The SMILES string of the molecule is CNc1cccc(Sc2nccs2)n1. The minimum Gasteiger partial charge on any atom is -0.373 e. The molecule has 2 aromatic heterocycles. The van der Waals surface area contributed by atoms with E-state index < -0.39 is 0 Å². The van der Waals surface area contributed by atoms with Crippen LogP contribution in [-0.2, 0) is 0 Å². The first-order valence-corrected chi connectivity index (χ1v) is 5.80. The highest BCUT2D eigenvalue weighted by atomic mass is 32.2. The molecule has 0 aliphatic carbocycles. The fourth-order valence-electron chi connectivity index (χ4n) is 0.961. The molecule has 0 bridgehead atoms. The summed E-state index contributed by atoms with van der Waals surface area (Å²) in [4.78, 5) is 8.57. The van der Waals surface area contributed by atoms with Crippen LogP contribution < -0.4 is 5.32 Å². The predicted octanol–water partition coefficient (Wildman–Crippen LogP) is 2.73. The molecule has 1 N–H and O–H groups in total. The van der Waals surface area contributed by atoms with Crippen LogP contribution in [0.15, 0.2) is 39.1 Å². The lowest BCUT2D eigenvalue weighted by atomic mass is 10.5. The number of aromatic nitrogens is 2. The second kappa shape index (κ2) is 4.43. The number of thiazole rings is 1. The molecule has 0 fully saturated rings. The number of rotatable bonds is 3. The first kappa shape index (κ1) is 9.48. The molecule has 0 radical (unpaired) electrons. The molecule has 0 saturated heterocycles. The van der Waals surface area contributed by atoms with Gasteiger partial charge in [-0.15, -0.1) is 11.3 Å². The lowest BCUT2D eigenvalue weighted by Gasteiger charge is -2.00. The Balaban J connectivity index is 2.17. The maximum atomic E-state index is 4.38. The summed E-state index contributed by atoms with van der Waals surface area (Å²) in [5.74, 6) is 0.881. The van der Waals surface area contributed by atoms with E-state index in [2.05, 4.69) is 15.3 Å². The highest BCUT2D eigenvalue weighted by Crippen LogP contribution is 2.27. The third-order valence-corrected chi connectivity index (χ3v) is 3.40. The molecule has 0 aliphatic rings. The van der Waals surface area contributed by atoms with Gasteiger partial charge in [0.15, 0.2) is 4.34 Å². The normalized spacial score (nSPS) is 10.1. The molecule has 0 spiro atoms. The Hall–Kier alpha value is -1.07. The zero-order valence-electron chi connectivity index (χ0n) is 7.60. The van der Waals surface area contributed by atoms with Gasteiger partial charge in [-0.2, -0.15) is 0 Å². The fourth-order valence-corrected chi connectivity index (χ4v) is 2.52. The van der Waals surface area contributed by atoms with Gasteiger partial charge in [-0.3, -0.25) is 0 Å². The molecule has 2 rings (SSSR count). The lowest BCUT2D eigenvalue weighted by molar-refractivity contribution is 1.12. The van der Waals surface area contributed by atoms with E-state index in [-0.39, 0.29) is 0 Å². The van der Waals surface area contributed by atoms with E-state index in [1.165, 1.54) is 0 Å². The van der Waals surface area contributed by atoms with E-state index in [4.69, 9.17) is 0 Å². The summed E-state index contributed by atoms with van der Waals surface area (Å²) in [7, 11) is 1.86. The van der Waals surface area contributed by atoms with Gasteiger partial charge in [-0.05, 0) is 23.9 Å². The number of nitrogens with one attached hydrogen (secondary N) is 1. The van der Waals surface area contributed by atoms with Gasteiger partial charge in [-0.1, -0.05) is 6.07 Å². The molecule has 0 aliphatic heterocycles. The number of anilines is 1. The monoisotopic (exact) mass is 223 g/mol. The summed E-state index contributed by atoms with van der Waals surface area (Å²) in [6.07, 6.45) is 1.80. The van der Waals surface area contributed by atoms with Crippen molar-refractivity contribution in [2.24, 2.45) is 0 Å². The van der Waals surface area contributed by atoms with Crippen LogP contribution in [-0.4, -0.2) is 17.0 Å². The van der Waals surface area contributed by atoms with E-state index in [0.29, 0.717) is 0 Å². The van der Waals surface area contributed by atoms with Gasteiger partial charge in [-0.25, -0.2) is 9.97 Å². The van der Waals surface area contributed by atoms with Crippen LogP contribution in [0.2, 0.25) is 0 Å². The molecular formula is C9H9N3S2. The summed E-state index contributed by atoms with van der Waals surface area (Å²) >= 11 is 3.20. The van der Waals surface area contributed by atoms with Crippen molar-refractivity contribution in [1.29, 1.82) is 0 Å². The highest BCUT2D eigenvalue weighted by molar-refractivity contribution is 8.00. The molecule has 0 saturated carbocycles. The minimum atomic E-state index is 0.881. The summed E-state index contributed by atoms with van der Waals surface area (Å²) in [6, 6.07) is 5.90. The molecule has 2 aromatic rings. The molecule has 72 valence electrons. The molecule has 0 unspecified atom stereocenters. The fraction of sp³-hybridized carbons (Fsp3) is 0.111. The zero-order chi connectivity index (χ0) is 9.80. The lowest BCUT2D eigenvalue weighted by Crippen LogP contribution is -1.91. The quantitative estimate of drug-likeness (QED) is 0.868. The van der Waals surface area contributed by atoms with E-state index in [1.54, 1.807) is 29.3 Å². The molecule has 2 heterocycles. The third kappa shape index (κ3) is 2.24. The van der Waals surface area contributed by atoms with Gasteiger partial charge < -0.3 is 5.32 Å². The zero-order valence-corrected chi connectivity index (χ0v) is 9.23. The number of nitrogens with zero attached hydrogens (tertiary/aromatic N) is 2. The Morgan fingerprint density at radius 2 is 2.36 bits per heavy atom. The van der Waals surface area contributed by atoms with E-state index in [1.807, 2.05) is 30.6 Å². The Morgan fingerprint density at radius 3 is 3.07 bits per heavy atom. The van der Waals surface area contributed by atoms with E-state index >= 15 is 0 Å². The van der Waals surface area contributed by atoms with Crippen LogP contribution >= 0.6 is 23.1 Å². The molecule has 3 nitrogen and oxygen atoms in total. The summed E-state index contributed by atoms with van der Waals surface area (Å²) < 4.78 is 1.02. The topological polar surface area (TPSA) is 37.8 Å². The molecule has 0 aromatic carbocycles. The Labute approximate surface area is 90.6 Å². The average molecular weight is 223 g/mol. The Morgan fingerprint density at radius 1 is 1.43 bits per heavy atom. The van der Waals surface area contributed by atoms with Crippen molar-refractivity contribution in [3.05, 3.63) is 29.8 Å². The van der Waals surface area contributed by atoms with Crippen molar-refractivity contribution >= 4 is 28.9 Å². The minimum absolute atomic E-state index is 0.881. The van der Waals surface area contributed by atoms with Crippen molar-refractivity contribution in [2.45, 2.75) is 9.37 Å². The van der Waals surface area contributed by atoms with Crippen molar-refractivity contribution in [3.63, 3.8) is 0 Å². The molecule has 0 amide bonds. The molecule has 14 heavy (non-hydrogen) atoms. The van der Waals surface area contributed by atoms with Crippen LogP contribution in [0.3, 0.4) is 0 Å². The largest absolute Gasteiger partial charge is 0.373 e. The first-order chi connectivity index (χ1) is 6.88. The summed E-state index contributed by atoms with van der Waals surface area (Å²) in [5.41, 5.74) is 0. The van der Waals surface area contributed by atoms with Crippen molar-refractivity contribution in [2.75, 3.05) is 12.4 Å². The van der Waals surface area contributed by atoms with Crippen molar-refractivity contribution in [1.82, 2.24) is 9.97 Å². The summed E-state index contributed by atoms with van der Waals surface area (Å²) in [5, 5.41) is 5.93. The van der Waals surface area contributed by atoms with Crippen LogP contribution in [0.4, 0.5) is 5.82 Å². The maximum absolute atomic E-state index is 4.38. The molecule has 5 heteroatoms. The smallest absolute Gasteiger partial charge is 0.156 e. The van der Waals surface area contributed by atoms with E-state index in [9.17, 15) is 0 Å². The number of hydrogen-bond donors (Lipinski definition) is 1. The molecular weight excluding hydrogens is 214 g/mol. The number of pyridine rings is 1. The van der Waals surface area contributed by atoms with E-state index in [0.717, 1.165) is 15.2 Å². The van der Waals surface area contributed by atoms with Gasteiger partial charge in [0.2, 0.25) is 0 Å². The van der Waals surface area contributed by atoms with Gasteiger partial charge in [0.25, 0.3) is 0 Å². The standard InChI is InChI=1S/C9H9N3S2/c1-10-7-3-2-4-8(12-7)14-9-11-5-6-13-9/h2-6H,1H3,(H,10,12). The average Bonchev–Trinajstić information content (AvgIpc) is 2.71. The number of hydrogen-bond acceptors (Lipinski definition) is 5. The van der Waals surface area contributed by atoms with Crippen LogP contribution in [0.1, 0.15) is 0 Å². The maximum Gasteiger partial charge on any atom is 0.156 e. The Kier molecular flexibility index (Phi) is 3.00. The van der Waals surface area contributed by atoms with Gasteiger partial charge >= 0.3 is 0 Å². The van der Waals surface area contributed by atoms with Crippen LogP contribution in [0, 0.1) is 0 Å². The highest BCUT2D eigenvalue weighted by Gasteiger charge is 2.01. The second-order valence-corrected chi connectivity index (χ2v) is 4.67. The van der Waals surface area contributed by atoms with Crippen LogP contribution in [0.25, 0.3) is 0 Å². The second-order valence-electron chi connectivity index (χ2n) is 2.51. The summed E-state index contributed by atoms with van der Waals surface area (Å²) in [6.45, 7) is 0. The Bertz CT molecular complexity index is 400.